The Morgan fingerprint density at radius 1 is 0.840 bits per heavy atom. The molecular weight excluding hydrogens is 310 g/mol. The van der Waals surface area contributed by atoms with Crippen molar-refractivity contribution in [2.75, 3.05) is 11.9 Å². The molecule has 0 saturated heterocycles. The molecule has 0 aromatic heterocycles. The first-order valence-corrected chi connectivity index (χ1v) is 9.26. The molecule has 2 aromatic rings. The maximum absolute atomic E-state index is 6.21. The molecular formula is C22H31NO2. The summed E-state index contributed by atoms with van der Waals surface area (Å²) in [6.07, 6.45) is 1.31. The monoisotopic (exact) mass is 341 g/mol. The minimum atomic E-state index is 0.0531. The number of rotatable bonds is 9. The van der Waals surface area contributed by atoms with Crippen LogP contribution < -0.4 is 14.8 Å². The lowest BCUT2D eigenvalue weighted by Gasteiger charge is -2.21. The summed E-state index contributed by atoms with van der Waals surface area (Å²) in [4.78, 5) is 0. The molecule has 3 heteroatoms. The van der Waals surface area contributed by atoms with Gasteiger partial charge in [-0.15, -0.1) is 0 Å². The SMILES string of the molecule is CCC(C)c1ccccc1OC(C)CNc1ccccc1OC(C)C. The molecule has 3 nitrogen and oxygen atoms in total. The Morgan fingerprint density at radius 2 is 1.48 bits per heavy atom. The van der Waals surface area contributed by atoms with Gasteiger partial charge < -0.3 is 14.8 Å². The molecule has 2 atom stereocenters. The first kappa shape index (κ1) is 19.2. The Balaban J connectivity index is 1.99. The van der Waals surface area contributed by atoms with Crippen molar-refractivity contribution in [2.24, 2.45) is 0 Å². The average Bonchev–Trinajstić information content (AvgIpc) is 2.60. The smallest absolute Gasteiger partial charge is 0.142 e. The van der Waals surface area contributed by atoms with E-state index in [1.54, 1.807) is 0 Å². The third kappa shape index (κ3) is 5.70. The fourth-order valence-electron chi connectivity index (χ4n) is 2.70. The standard InChI is InChI=1S/C22H31NO2/c1-6-17(4)19-11-7-9-13-21(19)25-18(5)15-23-20-12-8-10-14-22(20)24-16(2)3/h7-14,16-18,23H,6,15H2,1-5H3. The summed E-state index contributed by atoms with van der Waals surface area (Å²) in [5, 5.41) is 3.45. The minimum absolute atomic E-state index is 0.0531. The van der Waals surface area contributed by atoms with E-state index in [1.807, 2.05) is 44.2 Å². The highest BCUT2D eigenvalue weighted by atomic mass is 16.5. The average molecular weight is 341 g/mol. The van der Waals surface area contributed by atoms with E-state index in [1.165, 1.54) is 5.56 Å². The predicted molar refractivity (Wildman–Crippen MR) is 106 cm³/mol. The fraction of sp³-hybridized carbons (Fsp3) is 0.455. The second-order valence-corrected chi connectivity index (χ2v) is 6.82. The van der Waals surface area contributed by atoms with Gasteiger partial charge in [0.05, 0.1) is 18.3 Å². The summed E-state index contributed by atoms with van der Waals surface area (Å²) in [7, 11) is 0. The number of para-hydroxylation sites is 3. The molecule has 25 heavy (non-hydrogen) atoms. The molecule has 2 rings (SSSR count). The van der Waals surface area contributed by atoms with Crippen molar-refractivity contribution in [1.29, 1.82) is 0 Å². The van der Waals surface area contributed by atoms with E-state index in [2.05, 4.69) is 44.3 Å². The van der Waals surface area contributed by atoms with E-state index in [4.69, 9.17) is 9.47 Å². The molecule has 0 aliphatic heterocycles. The first-order chi connectivity index (χ1) is 12.0. The largest absolute Gasteiger partial charge is 0.489 e. The highest BCUT2D eigenvalue weighted by Crippen LogP contribution is 2.29. The van der Waals surface area contributed by atoms with Crippen LogP contribution in [0.3, 0.4) is 0 Å². The molecule has 0 saturated carbocycles. The second kappa shape index (κ2) is 9.36. The maximum Gasteiger partial charge on any atom is 0.142 e. The summed E-state index contributed by atoms with van der Waals surface area (Å²) < 4.78 is 12.1. The summed E-state index contributed by atoms with van der Waals surface area (Å²) in [5.74, 6) is 2.36. The van der Waals surface area contributed by atoms with E-state index in [-0.39, 0.29) is 12.2 Å². The van der Waals surface area contributed by atoms with Crippen LogP contribution in [0, 0.1) is 0 Å². The maximum atomic E-state index is 6.21. The predicted octanol–water partition coefficient (Wildman–Crippen LogP) is 5.87. The van der Waals surface area contributed by atoms with Gasteiger partial charge >= 0.3 is 0 Å². The minimum Gasteiger partial charge on any atom is -0.489 e. The molecule has 2 unspecified atom stereocenters. The van der Waals surface area contributed by atoms with Crippen molar-refractivity contribution in [3.05, 3.63) is 54.1 Å². The normalized spacial score (nSPS) is 13.4. The lowest BCUT2D eigenvalue weighted by Crippen LogP contribution is -2.23. The van der Waals surface area contributed by atoms with Gasteiger partial charge in [0, 0.05) is 0 Å². The van der Waals surface area contributed by atoms with E-state index < -0.39 is 0 Å². The molecule has 0 amide bonds. The Kier molecular flexibility index (Phi) is 7.17. The van der Waals surface area contributed by atoms with Gasteiger partial charge in [-0.3, -0.25) is 0 Å². The Bertz CT molecular complexity index is 654. The summed E-state index contributed by atoms with van der Waals surface area (Å²) in [5.41, 5.74) is 2.28. The van der Waals surface area contributed by atoms with E-state index in [0.29, 0.717) is 12.5 Å². The van der Waals surface area contributed by atoms with Crippen LogP contribution >= 0.6 is 0 Å². The molecule has 0 fully saturated rings. The van der Waals surface area contributed by atoms with Crippen LogP contribution in [0.1, 0.15) is 52.5 Å². The molecule has 0 aliphatic rings. The van der Waals surface area contributed by atoms with Crippen molar-refractivity contribution >= 4 is 5.69 Å². The van der Waals surface area contributed by atoms with E-state index in [0.717, 1.165) is 23.6 Å². The van der Waals surface area contributed by atoms with Gasteiger partial charge in [-0.25, -0.2) is 0 Å². The van der Waals surface area contributed by atoms with Crippen LogP contribution in [0.5, 0.6) is 11.5 Å². The molecule has 0 spiro atoms. The van der Waals surface area contributed by atoms with Gasteiger partial charge in [0.15, 0.2) is 0 Å². The fourth-order valence-corrected chi connectivity index (χ4v) is 2.70. The van der Waals surface area contributed by atoms with Crippen molar-refractivity contribution < 1.29 is 9.47 Å². The zero-order valence-electron chi connectivity index (χ0n) is 16.1. The Morgan fingerprint density at radius 3 is 2.16 bits per heavy atom. The lowest BCUT2D eigenvalue weighted by atomic mass is 9.98. The van der Waals surface area contributed by atoms with E-state index in [9.17, 15) is 0 Å². The molecule has 136 valence electrons. The highest BCUT2D eigenvalue weighted by molar-refractivity contribution is 5.56. The topological polar surface area (TPSA) is 30.5 Å². The first-order valence-electron chi connectivity index (χ1n) is 9.26. The Labute approximate surface area is 152 Å². The molecule has 2 aromatic carbocycles. The number of nitrogens with one attached hydrogen (secondary N) is 1. The number of anilines is 1. The van der Waals surface area contributed by atoms with Gasteiger partial charge in [-0.1, -0.05) is 44.2 Å². The van der Waals surface area contributed by atoms with Crippen molar-refractivity contribution in [1.82, 2.24) is 0 Å². The molecule has 0 bridgehead atoms. The zero-order chi connectivity index (χ0) is 18.2. The lowest BCUT2D eigenvalue weighted by molar-refractivity contribution is 0.229. The van der Waals surface area contributed by atoms with Gasteiger partial charge in [0.2, 0.25) is 0 Å². The third-order valence-corrected chi connectivity index (χ3v) is 4.22. The highest BCUT2D eigenvalue weighted by Gasteiger charge is 2.13. The van der Waals surface area contributed by atoms with Crippen molar-refractivity contribution in [3.8, 4) is 11.5 Å². The number of benzene rings is 2. The summed E-state index contributed by atoms with van der Waals surface area (Å²) in [6.45, 7) is 11.3. The third-order valence-electron chi connectivity index (χ3n) is 4.22. The van der Waals surface area contributed by atoms with Crippen molar-refractivity contribution in [3.63, 3.8) is 0 Å². The molecule has 0 radical (unpaired) electrons. The van der Waals surface area contributed by atoms with Gasteiger partial charge in [0.25, 0.3) is 0 Å². The van der Waals surface area contributed by atoms with Crippen LogP contribution in [0.2, 0.25) is 0 Å². The van der Waals surface area contributed by atoms with Crippen LogP contribution in [-0.4, -0.2) is 18.8 Å². The second-order valence-electron chi connectivity index (χ2n) is 6.82. The van der Waals surface area contributed by atoms with Crippen LogP contribution in [0.15, 0.2) is 48.5 Å². The summed E-state index contributed by atoms with van der Waals surface area (Å²) in [6, 6.07) is 16.4. The molecule has 0 heterocycles. The number of hydrogen-bond donors (Lipinski definition) is 1. The molecule has 0 aliphatic carbocycles. The van der Waals surface area contributed by atoms with Crippen LogP contribution in [0.4, 0.5) is 5.69 Å². The van der Waals surface area contributed by atoms with E-state index >= 15 is 0 Å². The quantitative estimate of drug-likeness (QED) is 0.619. The number of ether oxygens (including phenoxy) is 2. The number of hydrogen-bond acceptors (Lipinski definition) is 3. The summed E-state index contributed by atoms with van der Waals surface area (Å²) >= 11 is 0. The zero-order valence-corrected chi connectivity index (χ0v) is 16.1. The van der Waals surface area contributed by atoms with Crippen LogP contribution in [-0.2, 0) is 0 Å². The molecule has 1 N–H and O–H groups in total. The van der Waals surface area contributed by atoms with Crippen LogP contribution in [0.25, 0.3) is 0 Å². The van der Waals surface area contributed by atoms with Gasteiger partial charge in [-0.05, 0) is 56.9 Å². The Hall–Kier alpha value is -2.16. The van der Waals surface area contributed by atoms with Crippen molar-refractivity contribution in [2.45, 2.75) is 59.2 Å². The van der Waals surface area contributed by atoms with Gasteiger partial charge in [-0.2, -0.15) is 0 Å². The van der Waals surface area contributed by atoms with Gasteiger partial charge in [0.1, 0.15) is 17.6 Å².